The fourth-order valence-corrected chi connectivity index (χ4v) is 4.37. The normalized spacial score (nSPS) is 15.4. The number of hydrogen-bond acceptors (Lipinski definition) is 4. The molecule has 0 spiro atoms. The van der Waals surface area contributed by atoms with Crippen LogP contribution in [0, 0.1) is 0 Å². The maximum atomic E-state index is 12.5. The van der Waals surface area contributed by atoms with Gasteiger partial charge in [0.15, 0.2) is 0 Å². The van der Waals surface area contributed by atoms with Crippen molar-refractivity contribution >= 4 is 15.9 Å². The SMILES string of the molecule is O=C(CCc1ccc(S(=O)(=O)N2CCCC2)cc1)NCc1ccco1. The van der Waals surface area contributed by atoms with E-state index in [1.807, 2.05) is 0 Å². The van der Waals surface area contributed by atoms with Gasteiger partial charge >= 0.3 is 0 Å². The van der Waals surface area contributed by atoms with Crippen LogP contribution in [-0.2, 0) is 27.8 Å². The molecule has 1 amide bonds. The summed E-state index contributed by atoms with van der Waals surface area (Å²) in [6.45, 7) is 1.57. The number of hydrogen-bond donors (Lipinski definition) is 1. The Morgan fingerprint density at radius 3 is 2.48 bits per heavy atom. The van der Waals surface area contributed by atoms with Gasteiger partial charge in [0.05, 0.1) is 17.7 Å². The van der Waals surface area contributed by atoms with Crippen molar-refractivity contribution in [2.24, 2.45) is 0 Å². The van der Waals surface area contributed by atoms with Gasteiger partial charge in [-0.05, 0) is 49.1 Å². The lowest BCUT2D eigenvalue weighted by atomic mass is 10.1. The highest BCUT2D eigenvalue weighted by atomic mass is 32.2. The highest BCUT2D eigenvalue weighted by Crippen LogP contribution is 2.21. The van der Waals surface area contributed by atoms with E-state index in [4.69, 9.17) is 4.42 Å². The molecular weight excluding hydrogens is 340 g/mol. The van der Waals surface area contributed by atoms with Crippen LogP contribution < -0.4 is 5.32 Å². The lowest BCUT2D eigenvalue weighted by Gasteiger charge is -2.15. The number of furan rings is 1. The molecule has 2 aromatic rings. The lowest BCUT2D eigenvalue weighted by Crippen LogP contribution is -2.27. The Morgan fingerprint density at radius 1 is 1.12 bits per heavy atom. The predicted octanol–water partition coefficient (Wildman–Crippen LogP) is 2.31. The first-order valence-corrected chi connectivity index (χ1v) is 9.88. The number of amides is 1. The highest BCUT2D eigenvalue weighted by molar-refractivity contribution is 7.89. The Balaban J connectivity index is 1.51. The molecular formula is C18H22N2O4S. The van der Waals surface area contributed by atoms with E-state index >= 15 is 0 Å². The first kappa shape index (κ1) is 17.7. The largest absolute Gasteiger partial charge is 0.467 e. The van der Waals surface area contributed by atoms with E-state index in [1.54, 1.807) is 42.7 Å². The van der Waals surface area contributed by atoms with Gasteiger partial charge in [0, 0.05) is 19.5 Å². The molecule has 3 rings (SSSR count). The molecule has 1 aromatic carbocycles. The van der Waals surface area contributed by atoms with Crippen LogP contribution in [0.3, 0.4) is 0 Å². The van der Waals surface area contributed by atoms with Crippen molar-refractivity contribution in [3.05, 3.63) is 54.0 Å². The van der Waals surface area contributed by atoms with Gasteiger partial charge in [0.1, 0.15) is 5.76 Å². The lowest BCUT2D eigenvalue weighted by molar-refractivity contribution is -0.121. The van der Waals surface area contributed by atoms with E-state index in [9.17, 15) is 13.2 Å². The zero-order valence-electron chi connectivity index (χ0n) is 14.0. The number of carbonyl (C=O) groups is 1. The molecule has 1 N–H and O–H groups in total. The Labute approximate surface area is 147 Å². The maximum Gasteiger partial charge on any atom is 0.243 e. The van der Waals surface area contributed by atoms with Crippen LogP contribution >= 0.6 is 0 Å². The highest BCUT2D eigenvalue weighted by Gasteiger charge is 2.26. The Morgan fingerprint density at radius 2 is 1.84 bits per heavy atom. The molecule has 1 aliphatic rings. The molecule has 0 radical (unpaired) electrons. The number of aryl methyl sites for hydroxylation is 1. The van der Waals surface area contributed by atoms with Crippen LogP contribution in [0.2, 0.25) is 0 Å². The van der Waals surface area contributed by atoms with E-state index in [0.717, 1.165) is 18.4 Å². The number of rotatable bonds is 7. The van der Waals surface area contributed by atoms with Crippen LogP contribution in [0.4, 0.5) is 0 Å². The monoisotopic (exact) mass is 362 g/mol. The minimum Gasteiger partial charge on any atom is -0.467 e. The zero-order valence-corrected chi connectivity index (χ0v) is 14.8. The molecule has 7 heteroatoms. The first-order chi connectivity index (χ1) is 12.1. The van der Waals surface area contributed by atoms with Crippen molar-refractivity contribution in [2.45, 2.75) is 37.1 Å². The van der Waals surface area contributed by atoms with Crippen molar-refractivity contribution < 1.29 is 17.6 Å². The molecule has 6 nitrogen and oxygen atoms in total. The molecule has 1 fully saturated rings. The Kier molecular flexibility index (Phi) is 5.55. The summed E-state index contributed by atoms with van der Waals surface area (Å²) >= 11 is 0. The van der Waals surface area contributed by atoms with Crippen molar-refractivity contribution in [1.29, 1.82) is 0 Å². The van der Waals surface area contributed by atoms with Gasteiger partial charge in [-0.15, -0.1) is 0 Å². The van der Waals surface area contributed by atoms with Crippen LogP contribution in [0.5, 0.6) is 0 Å². The number of nitrogens with one attached hydrogen (secondary N) is 1. The second-order valence-corrected chi connectivity index (χ2v) is 8.05. The minimum atomic E-state index is -3.38. The molecule has 0 saturated carbocycles. The fraction of sp³-hybridized carbons (Fsp3) is 0.389. The van der Waals surface area contributed by atoms with E-state index in [1.165, 1.54) is 4.31 Å². The number of sulfonamides is 1. The minimum absolute atomic E-state index is 0.0647. The van der Waals surface area contributed by atoms with Gasteiger partial charge in [-0.1, -0.05) is 12.1 Å². The second-order valence-electron chi connectivity index (χ2n) is 6.11. The molecule has 0 unspecified atom stereocenters. The predicted molar refractivity (Wildman–Crippen MR) is 93.3 cm³/mol. The van der Waals surface area contributed by atoms with Crippen LogP contribution in [0.15, 0.2) is 52.0 Å². The molecule has 1 aromatic heterocycles. The van der Waals surface area contributed by atoms with Gasteiger partial charge in [0.2, 0.25) is 15.9 Å². The van der Waals surface area contributed by atoms with Crippen molar-refractivity contribution in [3.8, 4) is 0 Å². The van der Waals surface area contributed by atoms with Gasteiger partial charge in [0.25, 0.3) is 0 Å². The van der Waals surface area contributed by atoms with Gasteiger partial charge in [-0.2, -0.15) is 4.31 Å². The van der Waals surface area contributed by atoms with Gasteiger partial charge in [-0.25, -0.2) is 8.42 Å². The van der Waals surface area contributed by atoms with Gasteiger partial charge < -0.3 is 9.73 Å². The summed E-state index contributed by atoms with van der Waals surface area (Å²) in [5.74, 6) is 0.648. The third kappa shape index (κ3) is 4.49. The van der Waals surface area contributed by atoms with Crippen LogP contribution in [0.25, 0.3) is 0 Å². The molecule has 1 saturated heterocycles. The summed E-state index contributed by atoms with van der Waals surface area (Å²) in [7, 11) is -3.38. The number of carbonyl (C=O) groups excluding carboxylic acids is 1. The summed E-state index contributed by atoms with van der Waals surface area (Å²) in [4.78, 5) is 12.2. The van der Waals surface area contributed by atoms with Gasteiger partial charge in [-0.3, -0.25) is 4.79 Å². The fourth-order valence-electron chi connectivity index (χ4n) is 2.85. The first-order valence-electron chi connectivity index (χ1n) is 8.44. The van der Waals surface area contributed by atoms with E-state index in [0.29, 0.717) is 43.1 Å². The van der Waals surface area contributed by atoms with Crippen molar-refractivity contribution in [3.63, 3.8) is 0 Å². The van der Waals surface area contributed by atoms with Crippen LogP contribution in [-0.4, -0.2) is 31.7 Å². The van der Waals surface area contributed by atoms with Crippen LogP contribution in [0.1, 0.15) is 30.6 Å². The third-order valence-corrected chi connectivity index (χ3v) is 6.22. The van der Waals surface area contributed by atoms with Crippen molar-refractivity contribution in [2.75, 3.05) is 13.1 Å². The smallest absolute Gasteiger partial charge is 0.243 e. The van der Waals surface area contributed by atoms with E-state index in [2.05, 4.69) is 5.32 Å². The molecule has 134 valence electrons. The Bertz CT molecular complexity index is 792. The Hall–Kier alpha value is -2.12. The standard InChI is InChI=1S/C18H22N2O4S/c21-18(19-14-16-4-3-13-24-16)10-7-15-5-8-17(9-6-15)25(22,23)20-11-1-2-12-20/h3-6,8-9,13H,1-2,7,10-12,14H2,(H,19,21). The summed E-state index contributed by atoms with van der Waals surface area (Å²) in [5.41, 5.74) is 0.938. The number of benzene rings is 1. The molecule has 0 atom stereocenters. The molecule has 25 heavy (non-hydrogen) atoms. The molecule has 0 aliphatic carbocycles. The topological polar surface area (TPSA) is 79.6 Å². The quantitative estimate of drug-likeness (QED) is 0.820. The zero-order chi connectivity index (χ0) is 17.7. The maximum absolute atomic E-state index is 12.5. The average molecular weight is 362 g/mol. The number of nitrogens with zero attached hydrogens (tertiary/aromatic N) is 1. The van der Waals surface area contributed by atoms with E-state index in [-0.39, 0.29) is 5.91 Å². The summed E-state index contributed by atoms with van der Waals surface area (Å²) in [6.07, 6.45) is 4.32. The van der Waals surface area contributed by atoms with Crippen molar-refractivity contribution in [1.82, 2.24) is 9.62 Å². The third-order valence-electron chi connectivity index (χ3n) is 4.31. The average Bonchev–Trinajstić information content (AvgIpc) is 3.32. The molecule has 1 aliphatic heterocycles. The molecule has 0 bridgehead atoms. The summed E-state index contributed by atoms with van der Waals surface area (Å²) in [5, 5.41) is 2.79. The summed E-state index contributed by atoms with van der Waals surface area (Å²) in [6, 6.07) is 10.4. The summed E-state index contributed by atoms with van der Waals surface area (Å²) < 4.78 is 31.6. The second kappa shape index (κ2) is 7.84. The molecule has 2 heterocycles. The van der Waals surface area contributed by atoms with E-state index < -0.39 is 10.0 Å².